The Kier molecular flexibility index (Phi) is 4.75. The molecular weight excluding hydrogens is 358 g/mol. The van der Waals surface area contributed by atoms with Crippen LogP contribution in [0.25, 0.3) is 0 Å². The summed E-state index contributed by atoms with van der Waals surface area (Å²) in [7, 11) is 0. The molecule has 1 heterocycles. The fourth-order valence-corrected chi connectivity index (χ4v) is 4.05. The number of aryl methyl sites for hydroxylation is 1. The zero-order chi connectivity index (χ0) is 18.9. The molecule has 3 aromatic rings. The van der Waals surface area contributed by atoms with Crippen LogP contribution in [-0.2, 0) is 12.1 Å². The molecule has 4 nitrogen and oxygen atoms in total. The third-order valence-electron chi connectivity index (χ3n) is 5.35. The quantitative estimate of drug-likeness (QED) is 0.698. The first-order valence-electron chi connectivity index (χ1n) is 9.24. The SMILES string of the molecule is Cc1nn(Cc2ccccc2)c(Cl)c1C(=O)NC1(c2ccccc2)CCC1. The summed E-state index contributed by atoms with van der Waals surface area (Å²) in [5, 5.41) is 8.13. The third kappa shape index (κ3) is 3.37. The Morgan fingerprint density at radius 1 is 1.11 bits per heavy atom. The number of hydrogen-bond acceptors (Lipinski definition) is 2. The monoisotopic (exact) mass is 379 g/mol. The number of rotatable bonds is 5. The molecule has 0 atom stereocenters. The highest BCUT2D eigenvalue weighted by Gasteiger charge is 2.40. The lowest BCUT2D eigenvalue weighted by Gasteiger charge is -2.43. The van der Waals surface area contributed by atoms with E-state index in [0.29, 0.717) is 23.0 Å². The molecule has 0 unspecified atom stereocenters. The molecule has 1 aliphatic carbocycles. The number of halogens is 1. The van der Waals surface area contributed by atoms with Crippen molar-refractivity contribution in [1.29, 1.82) is 0 Å². The average molecular weight is 380 g/mol. The smallest absolute Gasteiger partial charge is 0.257 e. The predicted molar refractivity (Wildman–Crippen MR) is 107 cm³/mol. The zero-order valence-corrected chi connectivity index (χ0v) is 16.0. The second kappa shape index (κ2) is 7.20. The highest BCUT2D eigenvalue weighted by molar-refractivity contribution is 6.33. The van der Waals surface area contributed by atoms with Crippen molar-refractivity contribution in [3.05, 3.63) is 88.2 Å². The van der Waals surface area contributed by atoms with Gasteiger partial charge in [0.2, 0.25) is 0 Å². The molecule has 138 valence electrons. The number of carbonyl (C=O) groups excluding carboxylic acids is 1. The first-order valence-corrected chi connectivity index (χ1v) is 9.62. The van der Waals surface area contributed by atoms with Crippen molar-refractivity contribution in [3.63, 3.8) is 0 Å². The van der Waals surface area contributed by atoms with Gasteiger partial charge in [-0.05, 0) is 37.3 Å². The molecule has 1 amide bonds. The second-order valence-electron chi connectivity index (χ2n) is 7.15. The van der Waals surface area contributed by atoms with Crippen molar-refractivity contribution >= 4 is 17.5 Å². The number of amides is 1. The van der Waals surface area contributed by atoms with Gasteiger partial charge in [-0.15, -0.1) is 0 Å². The molecule has 1 N–H and O–H groups in total. The summed E-state index contributed by atoms with van der Waals surface area (Å²) in [6.07, 6.45) is 2.99. The number of nitrogens with one attached hydrogen (secondary N) is 1. The molecule has 0 spiro atoms. The Hall–Kier alpha value is -2.59. The molecule has 1 aromatic heterocycles. The maximum absolute atomic E-state index is 13.1. The van der Waals surface area contributed by atoms with E-state index in [1.165, 1.54) is 0 Å². The largest absolute Gasteiger partial charge is 0.342 e. The van der Waals surface area contributed by atoms with Gasteiger partial charge in [0.15, 0.2) is 0 Å². The molecule has 5 heteroatoms. The Labute approximate surface area is 164 Å². The van der Waals surface area contributed by atoms with E-state index in [0.717, 1.165) is 30.4 Å². The first-order chi connectivity index (χ1) is 13.1. The maximum Gasteiger partial charge on any atom is 0.257 e. The highest BCUT2D eigenvalue weighted by Crippen LogP contribution is 2.41. The fourth-order valence-electron chi connectivity index (χ4n) is 3.73. The van der Waals surface area contributed by atoms with Gasteiger partial charge in [0.1, 0.15) is 5.15 Å². The van der Waals surface area contributed by atoms with Gasteiger partial charge in [-0.1, -0.05) is 72.3 Å². The number of benzene rings is 2. The molecular formula is C22H22ClN3O. The van der Waals surface area contributed by atoms with Crippen LogP contribution in [-0.4, -0.2) is 15.7 Å². The van der Waals surface area contributed by atoms with Gasteiger partial charge in [-0.2, -0.15) is 5.10 Å². The Bertz CT molecular complexity index is 946. The summed E-state index contributed by atoms with van der Waals surface area (Å²) < 4.78 is 1.69. The Balaban J connectivity index is 1.59. The van der Waals surface area contributed by atoms with Crippen LogP contribution in [0.1, 0.15) is 46.4 Å². The molecule has 1 fully saturated rings. The molecule has 0 aliphatic heterocycles. The van der Waals surface area contributed by atoms with Crippen LogP contribution in [0.3, 0.4) is 0 Å². The van der Waals surface area contributed by atoms with Crippen LogP contribution >= 0.6 is 11.6 Å². The summed E-state index contributed by atoms with van der Waals surface area (Å²) in [6, 6.07) is 20.1. The molecule has 4 rings (SSSR count). The summed E-state index contributed by atoms with van der Waals surface area (Å²) in [5.41, 5.74) is 3.06. The van der Waals surface area contributed by atoms with Crippen molar-refractivity contribution < 1.29 is 4.79 Å². The predicted octanol–water partition coefficient (Wildman–Crippen LogP) is 4.70. The van der Waals surface area contributed by atoms with E-state index in [9.17, 15) is 4.79 Å². The van der Waals surface area contributed by atoms with Gasteiger partial charge in [0.05, 0.1) is 23.3 Å². The van der Waals surface area contributed by atoms with Gasteiger partial charge in [-0.25, -0.2) is 4.68 Å². The minimum absolute atomic E-state index is 0.152. The van der Waals surface area contributed by atoms with Crippen LogP contribution < -0.4 is 5.32 Å². The van der Waals surface area contributed by atoms with Gasteiger partial charge in [-0.3, -0.25) is 4.79 Å². The topological polar surface area (TPSA) is 46.9 Å². The van der Waals surface area contributed by atoms with Crippen molar-refractivity contribution in [2.24, 2.45) is 0 Å². The van der Waals surface area contributed by atoms with Crippen LogP contribution in [0.4, 0.5) is 0 Å². The minimum atomic E-state index is -0.296. The zero-order valence-electron chi connectivity index (χ0n) is 15.3. The van der Waals surface area contributed by atoms with E-state index >= 15 is 0 Å². The Morgan fingerprint density at radius 3 is 2.33 bits per heavy atom. The van der Waals surface area contributed by atoms with Gasteiger partial charge < -0.3 is 5.32 Å². The Morgan fingerprint density at radius 2 is 1.74 bits per heavy atom. The van der Waals surface area contributed by atoms with Gasteiger partial charge >= 0.3 is 0 Å². The molecule has 27 heavy (non-hydrogen) atoms. The molecule has 2 aromatic carbocycles. The second-order valence-corrected chi connectivity index (χ2v) is 7.51. The lowest BCUT2D eigenvalue weighted by atomic mass is 9.71. The lowest BCUT2D eigenvalue weighted by Crippen LogP contribution is -2.50. The number of hydrogen-bond donors (Lipinski definition) is 1. The fraction of sp³-hybridized carbons (Fsp3) is 0.273. The number of nitrogens with zero attached hydrogens (tertiary/aromatic N) is 2. The number of aromatic nitrogens is 2. The highest BCUT2D eigenvalue weighted by atomic mass is 35.5. The van der Waals surface area contributed by atoms with Gasteiger partial charge in [0.25, 0.3) is 5.91 Å². The number of carbonyl (C=O) groups is 1. The van der Waals surface area contributed by atoms with E-state index in [1.807, 2.05) is 55.5 Å². The van der Waals surface area contributed by atoms with E-state index in [1.54, 1.807) is 4.68 Å². The average Bonchev–Trinajstić information content (AvgIpc) is 2.93. The normalized spacial score (nSPS) is 15.2. The van der Waals surface area contributed by atoms with E-state index in [-0.39, 0.29) is 11.4 Å². The third-order valence-corrected chi connectivity index (χ3v) is 5.74. The first kappa shape index (κ1) is 17.8. The summed E-state index contributed by atoms with van der Waals surface area (Å²) in [4.78, 5) is 13.1. The summed E-state index contributed by atoms with van der Waals surface area (Å²) in [5.74, 6) is -0.152. The molecule has 1 aliphatic rings. The summed E-state index contributed by atoms with van der Waals surface area (Å²) in [6.45, 7) is 2.37. The minimum Gasteiger partial charge on any atom is -0.342 e. The van der Waals surface area contributed by atoms with E-state index in [2.05, 4.69) is 22.5 Å². The van der Waals surface area contributed by atoms with Crippen molar-refractivity contribution in [1.82, 2.24) is 15.1 Å². The van der Waals surface area contributed by atoms with Gasteiger partial charge in [0, 0.05) is 0 Å². The van der Waals surface area contributed by atoms with Crippen molar-refractivity contribution in [2.45, 2.75) is 38.3 Å². The van der Waals surface area contributed by atoms with E-state index in [4.69, 9.17) is 11.6 Å². The summed E-state index contributed by atoms with van der Waals surface area (Å²) >= 11 is 6.55. The lowest BCUT2D eigenvalue weighted by molar-refractivity contribution is 0.0823. The standard InChI is InChI=1S/C22H22ClN3O/c1-16-19(20(23)26(25-16)15-17-9-4-2-5-10-17)21(27)24-22(13-8-14-22)18-11-6-3-7-12-18/h2-7,9-12H,8,13-15H2,1H3,(H,24,27). The van der Waals surface area contributed by atoms with Crippen molar-refractivity contribution in [3.8, 4) is 0 Å². The molecule has 0 saturated heterocycles. The molecule has 1 saturated carbocycles. The van der Waals surface area contributed by atoms with Crippen LogP contribution in [0.5, 0.6) is 0 Å². The molecule has 0 radical (unpaired) electrons. The van der Waals surface area contributed by atoms with Crippen LogP contribution in [0.15, 0.2) is 60.7 Å². The van der Waals surface area contributed by atoms with E-state index < -0.39 is 0 Å². The van der Waals surface area contributed by atoms with Crippen LogP contribution in [0, 0.1) is 6.92 Å². The van der Waals surface area contributed by atoms with Crippen molar-refractivity contribution in [2.75, 3.05) is 0 Å². The molecule has 0 bridgehead atoms. The van der Waals surface area contributed by atoms with Crippen LogP contribution in [0.2, 0.25) is 5.15 Å². The maximum atomic E-state index is 13.1.